The molecule has 180 valence electrons. The van der Waals surface area contributed by atoms with Crippen LogP contribution >= 0.6 is 0 Å². The van der Waals surface area contributed by atoms with Gasteiger partial charge in [-0.05, 0) is 43.2 Å². The van der Waals surface area contributed by atoms with Crippen LogP contribution in [-0.4, -0.2) is 46.9 Å². The van der Waals surface area contributed by atoms with E-state index in [4.69, 9.17) is 0 Å². The van der Waals surface area contributed by atoms with E-state index >= 15 is 0 Å². The van der Waals surface area contributed by atoms with Gasteiger partial charge in [-0.25, -0.2) is 26.6 Å². The van der Waals surface area contributed by atoms with Crippen LogP contribution in [0.15, 0.2) is 63.2 Å². The highest BCUT2D eigenvalue weighted by Crippen LogP contribution is 2.36. The first-order valence-electron chi connectivity index (χ1n) is 9.86. The lowest BCUT2D eigenvalue weighted by atomic mass is 10.1. The van der Waals surface area contributed by atoms with E-state index in [-0.39, 0.29) is 23.6 Å². The molecule has 2 aromatic carbocycles. The molecule has 13 heteroatoms. The summed E-state index contributed by atoms with van der Waals surface area (Å²) in [6.45, 7) is 1.91. The van der Waals surface area contributed by atoms with Crippen molar-refractivity contribution in [1.82, 2.24) is 15.2 Å². The van der Waals surface area contributed by atoms with Crippen molar-refractivity contribution < 1.29 is 34.8 Å². The molecule has 0 aromatic heterocycles. The summed E-state index contributed by atoms with van der Waals surface area (Å²) < 4.78 is 94.6. The Kier molecular flexibility index (Phi) is 7.17. The van der Waals surface area contributed by atoms with Gasteiger partial charge in [0.15, 0.2) is 0 Å². The summed E-state index contributed by atoms with van der Waals surface area (Å²) in [4.78, 5) is 9.24. The molecule has 1 saturated heterocycles. The van der Waals surface area contributed by atoms with Gasteiger partial charge in [-0.2, -0.15) is 13.2 Å². The van der Waals surface area contributed by atoms with Crippen molar-refractivity contribution in [2.24, 2.45) is 0 Å². The molecule has 1 heterocycles. The van der Waals surface area contributed by atoms with E-state index in [2.05, 4.69) is 10.1 Å². The molecule has 0 radical (unpaired) electrons. The van der Waals surface area contributed by atoms with Gasteiger partial charge in [-0.15, -0.1) is 0 Å². The predicted molar refractivity (Wildman–Crippen MR) is 112 cm³/mol. The number of hydrogen-bond acceptors (Lipinski definition) is 6. The van der Waals surface area contributed by atoms with Crippen LogP contribution in [0.3, 0.4) is 0 Å². The van der Waals surface area contributed by atoms with E-state index < -0.39 is 47.4 Å². The molecule has 1 aliphatic heterocycles. The Morgan fingerprint density at radius 3 is 2.12 bits per heavy atom. The van der Waals surface area contributed by atoms with Gasteiger partial charge >= 0.3 is 6.18 Å². The highest BCUT2D eigenvalue weighted by Gasteiger charge is 2.39. The van der Waals surface area contributed by atoms with Gasteiger partial charge in [0.2, 0.25) is 25.8 Å². The van der Waals surface area contributed by atoms with Crippen LogP contribution in [0.25, 0.3) is 0 Å². The maximum Gasteiger partial charge on any atom is 0.417 e. The number of hydrazine groups is 1. The molecule has 3 rings (SSSR count). The quantitative estimate of drug-likeness (QED) is 0.623. The highest BCUT2D eigenvalue weighted by molar-refractivity contribution is 7.91. The largest absolute Gasteiger partial charge is 0.417 e. The number of amides is 1. The number of halogens is 3. The Morgan fingerprint density at radius 2 is 1.58 bits per heavy atom. The van der Waals surface area contributed by atoms with E-state index in [1.54, 1.807) is 11.1 Å². The zero-order chi connectivity index (χ0) is 24.4. The molecule has 33 heavy (non-hydrogen) atoms. The fourth-order valence-corrected chi connectivity index (χ4v) is 6.42. The average molecular weight is 506 g/mol. The maximum absolute atomic E-state index is 13.6. The van der Waals surface area contributed by atoms with Crippen LogP contribution in [0, 0.1) is 0 Å². The Labute approximate surface area is 189 Å². The first-order valence-corrected chi connectivity index (χ1v) is 12.8. The summed E-state index contributed by atoms with van der Waals surface area (Å²) in [5.74, 6) is -0.291. The Balaban J connectivity index is 1.95. The second kappa shape index (κ2) is 9.41. The molecule has 2 aromatic rings. The van der Waals surface area contributed by atoms with Crippen LogP contribution in [0.2, 0.25) is 0 Å². The number of rotatable bonds is 6. The summed E-state index contributed by atoms with van der Waals surface area (Å²) >= 11 is 0. The molecule has 1 aliphatic rings. The highest BCUT2D eigenvalue weighted by atomic mass is 32.2. The Morgan fingerprint density at radius 1 is 0.970 bits per heavy atom. The minimum atomic E-state index is -5.02. The molecular weight excluding hydrogens is 483 g/mol. The number of carbonyl (C=O) groups is 1. The predicted octanol–water partition coefficient (Wildman–Crippen LogP) is 2.33. The average Bonchev–Trinajstić information content (AvgIpc) is 2.74. The van der Waals surface area contributed by atoms with Crippen molar-refractivity contribution in [3.8, 4) is 0 Å². The summed E-state index contributed by atoms with van der Waals surface area (Å²) in [5.41, 5.74) is 1.11. The first-order chi connectivity index (χ1) is 15.3. The Hall–Kier alpha value is -2.48. The molecule has 8 nitrogen and oxygen atoms in total. The number of piperidine rings is 1. The Bertz CT molecular complexity index is 1230. The van der Waals surface area contributed by atoms with Gasteiger partial charge in [0, 0.05) is 26.1 Å². The molecule has 1 amide bonds. The third-order valence-corrected chi connectivity index (χ3v) is 8.37. The minimum absolute atomic E-state index is 0.175. The van der Waals surface area contributed by atoms with Gasteiger partial charge in [0.05, 0.1) is 20.2 Å². The van der Waals surface area contributed by atoms with Crippen LogP contribution in [0.5, 0.6) is 0 Å². The van der Waals surface area contributed by atoms with Gasteiger partial charge in [0.25, 0.3) is 0 Å². The number of alkyl halides is 3. The van der Waals surface area contributed by atoms with Crippen molar-refractivity contribution in [3.63, 3.8) is 0 Å². The lowest BCUT2D eigenvalue weighted by Crippen LogP contribution is -2.50. The monoisotopic (exact) mass is 505 g/mol. The van der Waals surface area contributed by atoms with E-state index in [9.17, 15) is 34.8 Å². The second-order valence-electron chi connectivity index (χ2n) is 7.52. The molecule has 0 bridgehead atoms. The summed E-state index contributed by atoms with van der Waals surface area (Å²) in [7, 11) is -8.96. The number of benzene rings is 2. The summed E-state index contributed by atoms with van der Waals surface area (Å²) in [5, 5.41) is 1.58. The molecule has 0 atom stereocenters. The van der Waals surface area contributed by atoms with Gasteiger partial charge < -0.3 is 0 Å². The summed E-state index contributed by atoms with van der Waals surface area (Å²) in [6, 6.07) is 8.07. The number of sulfonamides is 1. The molecule has 2 N–H and O–H groups in total. The van der Waals surface area contributed by atoms with Crippen LogP contribution in [-0.2, 0) is 30.8 Å². The van der Waals surface area contributed by atoms with Crippen molar-refractivity contribution in [2.45, 2.75) is 46.7 Å². The number of nitrogens with one attached hydrogen (secondary N) is 2. The zero-order valence-electron chi connectivity index (χ0n) is 17.5. The van der Waals surface area contributed by atoms with E-state index in [0.717, 1.165) is 6.07 Å². The lowest BCUT2D eigenvalue weighted by Gasteiger charge is -2.32. The number of nitrogens with zero attached hydrogens (tertiary/aromatic N) is 1. The molecule has 1 fully saturated rings. The van der Waals surface area contributed by atoms with E-state index in [0.29, 0.717) is 25.2 Å². The SMILES string of the molecule is CC(=O)NN1CCC(NS(=O)(=O)c2cc(S(=O)(=O)c3ccccc3)ccc2C(F)(F)F)CC1. The second-order valence-corrected chi connectivity index (χ2v) is 11.2. The maximum atomic E-state index is 13.6. The fourth-order valence-electron chi connectivity index (χ4n) is 3.48. The van der Waals surface area contributed by atoms with Crippen LogP contribution in [0.1, 0.15) is 25.3 Å². The van der Waals surface area contributed by atoms with Crippen LogP contribution < -0.4 is 10.1 Å². The van der Waals surface area contributed by atoms with Crippen molar-refractivity contribution >= 4 is 25.8 Å². The third kappa shape index (κ3) is 5.91. The molecule has 0 spiro atoms. The third-order valence-electron chi connectivity index (χ3n) is 5.04. The van der Waals surface area contributed by atoms with Gasteiger partial charge in [-0.3, -0.25) is 10.2 Å². The van der Waals surface area contributed by atoms with Crippen LogP contribution in [0.4, 0.5) is 13.2 Å². The smallest absolute Gasteiger partial charge is 0.289 e. The van der Waals surface area contributed by atoms with Crippen molar-refractivity contribution in [3.05, 3.63) is 54.1 Å². The summed E-state index contributed by atoms with van der Waals surface area (Å²) in [6.07, 6.45) is -4.54. The fraction of sp³-hybridized carbons (Fsp3) is 0.350. The topological polar surface area (TPSA) is 113 Å². The van der Waals surface area contributed by atoms with E-state index in [1.165, 1.54) is 31.2 Å². The van der Waals surface area contributed by atoms with Gasteiger partial charge in [-0.1, -0.05) is 18.2 Å². The number of hydrogen-bond donors (Lipinski definition) is 2. The molecule has 0 saturated carbocycles. The van der Waals surface area contributed by atoms with Crippen molar-refractivity contribution in [1.29, 1.82) is 0 Å². The molecular formula is C20H22F3N3O5S2. The lowest BCUT2D eigenvalue weighted by molar-refractivity contribution is -0.140. The standard InChI is InChI=1S/C20H22F3N3O5S2/c1-14(27)24-26-11-9-15(10-12-26)25-33(30,31)19-13-17(7-8-18(19)20(21,22)23)32(28,29)16-5-3-2-4-6-16/h2-8,13,15,25H,9-12H2,1H3,(H,24,27). The number of carbonyl (C=O) groups excluding carboxylic acids is 1. The normalized spacial score (nSPS) is 16.5. The molecule has 0 aliphatic carbocycles. The zero-order valence-corrected chi connectivity index (χ0v) is 19.1. The van der Waals surface area contributed by atoms with Gasteiger partial charge in [0.1, 0.15) is 0 Å². The first kappa shape index (κ1) is 25.1. The van der Waals surface area contributed by atoms with E-state index in [1.807, 2.05) is 0 Å². The number of sulfone groups is 1. The molecule has 0 unspecified atom stereocenters. The minimum Gasteiger partial charge on any atom is -0.289 e. The van der Waals surface area contributed by atoms with Crippen molar-refractivity contribution in [2.75, 3.05) is 13.1 Å².